The molecule has 2 N–H and O–H groups in total. The molecule has 35 heavy (non-hydrogen) atoms. The van der Waals surface area contributed by atoms with Crippen molar-refractivity contribution in [2.45, 2.75) is 87.0 Å². The molecular weight excluding hydrogens is 527 g/mol. The van der Waals surface area contributed by atoms with Gasteiger partial charge in [0.2, 0.25) is 0 Å². The maximum Gasteiger partial charge on any atom is 0.129 e. The fraction of sp³-hybridized carbons (Fsp3) is 0.679. The van der Waals surface area contributed by atoms with Crippen LogP contribution >= 0.6 is 0 Å². The van der Waals surface area contributed by atoms with Crippen molar-refractivity contribution in [3.8, 4) is 0 Å². The van der Waals surface area contributed by atoms with E-state index in [4.69, 9.17) is 10.7 Å². The van der Waals surface area contributed by atoms with E-state index in [0.29, 0.717) is 5.69 Å². The Kier molecular flexibility index (Phi) is 25.2. The molecule has 1 saturated heterocycles. The summed E-state index contributed by atoms with van der Waals surface area (Å²) in [6.45, 7) is 21.3. The number of pyridine rings is 1. The molecule has 0 saturated carbocycles. The fourth-order valence-electron chi connectivity index (χ4n) is 3.61. The van der Waals surface area contributed by atoms with E-state index in [-0.39, 0.29) is 32.7 Å². The average molecular weight is 579 g/mol. The zero-order valence-corrected chi connectivity index (χ0v) is 27.3. The molecule has 1 fully saturated rings. The van der Waals surface area contributed by atoms with Crippen LogP contribution < -0.4 is 9.62 Å². The molecule has 1 radical (unpaired) electrons. The number of rotatable bonds is 8. The van der Waals surface area contributed by atoms with Crippen molar-refractivity contribution >= 4 is 35.2 Å². The Morgan fingerprint density at radius 1 is 0.914 bits per heavy atom. The van der Waals surface area contributed by atoms with Crippen LogP contribution in [-0.4, -0.2) is 49.2 Å². The molecule has 0 aliphatic carbocycles. The summed E-state index contributed by atoms with van der Waals surface area (Å²) in [4.78, 5) is 9.61. The van der Waals surface area contributed by atoms with Gasteiger partial charge in [0.25, 0.3) is 0 Å². The van der Waals surface area contributed by atoms with Crippen LogP contribution in [0.5, 0.6) is 0 Å². The molecule has 0 amide bonds. The second-order valence-corrected chi connectivity index (χ2v) is 8.69. The molecule has 1 aromatic heterocycles. The number of aromatic nitrogens is 1. The Morgan fingerprint density at radius 3 is 1.97 bits per heavy atom. The summed E-state index contributed by atoms with van der Waals surface area (Å²) in [5, 5.41) is 1.09. The van der Waals surface area contributed by atoms with E-state index >= 15 is 0 Å². The molecule has 2 aromatic rings. The second-order valence-electron chi connectivity index (χ2n) is 8.41. The van der Waals surface area contributed by atoms with Crippen molar-refractivity contribution in [1.82, 2.24) is 14.6 Å². The van der Waals surface area contributed by atoms with Crippen molar-refractivity contribution in [2.75, 3.05) is 44.2 Å². The van der Waals surface area contributed by atoms with Crippen LogP contribution in [0.3, 0.4) is 0 Å². The van der Waals surface area contributed by atoms with Gasteiger partial charge in [-0.25, -0.2) is 4.98 Å². The van der Waals surface area contributed by atoms with Crippen molar-refractivity contribution < 1.29 is 32.7 Å². The predicted octanol–water partition coefficient (Wildman–Crippen LogP) is 7.82. The summed E-state index contributed by atoms with van der Waals surface area (Å²) >= 11 is 4.40. The number of nitrogens with one attached hydrogen (secondary N) is 2. The predicted molar refractivity (Wildman–Crippen MR) is 156 cm³/mol. The van der Waals surface area contributed by atoms with E-state index in [1.165, 1.54) is 37.7 Å². The standard InChI is InChI=1S/C16H21N4.C7H16.C3H8NS.C2H6.Y/c1-3-19-6-8-20(9-7-19)16-10-12(2)14-11-13(17)4-5-15(14)18-16;1-3-5-7-6-4-2;1-2-3-4-5;1-2;/h4-5,10-11,17H,3,6-9H2,1-2H3;3-7H2,1-2H3;4H,2-3H2,1H3;1-2H3;/q-1;;-1;;. The van der Waals surface area contributed by atoms with Crippen molar-refractivity contribution in [1.29, 1.82) is 0 Å². The van der Waals surface area contributed by atoms with Crippen LogP contribution in [0.4, 0.5) is 11.5 Å². The van der Waals surface area contributed by atoms with Crippen molar-refractivity contribution in [2.24, 2.45) is 0 Å². The van der Waals surface area contributed by atoms with Gasteiger partial charge in [0.05, 0.1) is 5.52 Å². The zero-order chi connectivity index (χ0) is 25.8. The van der Waals surface area contributed by atoms with Gasteiger partial charge >= 0.3 is 0 Å². The minimum absolute atomic E-state index is 0. The Bertz CT molecular complexity index is 745. The normalized spacial score (nSPS) is 12.9. The summed E-state index contributed by atoms with van der Waals surface area (Å²) in [5.74, 6) is 1.07. The van der Waals surface area contributed by atoms with E-state index in [1.54, 1.807) is 0 Å². The molecule has 3 rings (SSSR count). The number of benzene rings is 1. The van der Waals surface area contributed by atoms with Crippen LogP contribution in [0.1, 0.15) is 85.6 Å². The third-order valence-corrected chi connectivity index (χ3v) is 5.91. The zero-order valence-electron chi connectivity index (χ0n) is 23.6. The van der Waals surface area contributed by atoms with Gasteiger partial charge in [-0.2, -0.15) is 0 Å². The third-order valence-electron chi connectivity index (χ3n) is 5.70. The Balaban J connectivity index is 0. The number of hydrogen-bond acceptors (Lipinski definition) is 5. The largest absolute Gasteiger partial charge is 0.705 e. The molecule has 1 aromatic carbocycles. The molecule has 0 spiro atoms. The number of likely N-dealkylation sites (N-methyl/N-ethyl adjacent to an activating group) is 1. The first-order valence-corrected chi connectivity index (χ1v) is 13.9. The number of fused-ring (bicyclic) bond motifs is 1. The molecule has 1 aliphatic rings. The number of unbranched alkanes of at least 4 members (excludes halogenated alkanes) is 4. The van der Waals surface area contributed by atoms with Crippen LogP contribution in [0, 0.1) is 6.92 Å². The maximum absolute atomic E-state index is 7.72. The molecule has 1 aliphatic heterocycles. The van der Waals surface area contributed by atoms with Gasteiger partial charge in [-0.1, -0.05) is 85.8 Å². The number of anilines is 1. The molecule has 0 atom stereocenters. The van der Waals surface area contributed by atoms with E-state index < -0.39 is 0 Å². The summed E-state index contributed by atoms with van der Waals surface area (Å²) < 4.78 is 2.60. The average Bonchev–Trinajstić information content (AvgIpc) is 2.87. The first-order chi connectivity index (χ1) is 16.5. The number of nitrogens with zero attached hydrogens (tertiary/aromatic N) is 3. The Hall–Kier alpha value is -0.396. The molecule has 0 bridgehead atoms. The van der Waals surface area contributed by atoms with Crippen molar-refractivity contribution in [3.05, 3.63) is 35.6 Å². The molecule has 5 nitrogen and oxygen atoms in total. The maximum atomic E-state index is 7.72. The van der Waals surface area contributed by atoms with Crippen molar-refractivity contribution in [3.63, 3.8) is 0 Å². The van der Waals surface area contributed by atoms with Gasteiger partial charge < -0.3 is 33.1 Å². The first kappa shape index (κ1) is 36.8. The minimum atomic E-state index is 0. The van der Waals surface area contributed by atoms with Gasteiger partial charge in [-0.15, -0.1) is 5.69 Å². The van der Waals surface area contributed by atoms with E-state index in [1.807, 2.05) is 32.0 Å². The van der Waals surface area contributed by atoms with Gasteiger partial charge in [0, 0.05) is 64.3 Å². The SMILES string of the molecule is CC.CCCCCCC.CCCN[S-].CCN1CCN(c2cc(C)c3cc([NH-])ccc3n2)CC1.[Y]. The first-order valence-electron chi connectivity index (χ1n) is 13.5. The third kappa shape index (κ3) is 15.5. The summed E-state index contributed by atoms with van der Waals surface area (Å²) in [5.41, 5.74) is 10.5. The number of piperazine rings is 1. The molecule has 0 unspecified atom stereocenters. The van der Waals surface area contributed by atoms with Crippen LogP contribution in [0.25, 0.3) is 16.6 Å². The van der Waals surface area contributed by atoms with Gasteiger partial charge in [0.15, 0.2) is 0 Å². The summed E-state index contributed by atoms with van der Waals surface area (Å²) in [7, 11) is 0. The smallest absolute Gasteiger partial charge is 0.129 e. The van der Waals surface area contributed by atoms with E-state index in [0.717, 1.165) is 62.4 Å². The molecule has 7 heteroatoms. The quantitative estimate of drug-likeness (QED) is 0.256. The van der Waals surface area contributed by atoms with Crippen LogP contribution in [0.15, 0.2) is 24.3 Å². The van der Waals surface area contributed by atoms with E-state index in [9.17, 15) is 0 Å². The van der Waals surface area contributed by atoms with Crippen LogP contribution in [-0.2, 0) is 45.5 Å². The number of aryl methyl sites for hydroxylation is 1. The van der Waals surface area contributed by atoms with Gasteiger partial charge in [-0.05, 0) is 44.1 Å². The molecular formula is C28H51N5SY-2. The summed E-state index contributed by atoms with van der Waals surface area (Å²) in [6, 6.07) is 7.82. The number of hydrogen-bond donors (Lipinski definition) is 1. The Morgan fingerprint density at radius 2 is 1.51 bits per heavy atom. The molecule has 199 valence electrons. The second kappa shape index (κ2) is 24.0. The summed E-state index contributed by atoms with van der Waals surface area (Å²) in [6.07, 6.45) is 8.14. The fourth-order valence-corrected chi connectivity index (χ4v) is 3.81. The van der Waals surface area contributed by atoms with Crippen LogP contribution in [0.2, 0.25) is 0 Å². The minimum Gasteiger partial charge on any atom is -0.705 e. The van der Waals surface area contributed by atoms with E-state index in [2.05, 4.69) is 68.0 Å². The van der Waals surface area contributed by atoms with Gasteiger partial charge in [0.1, 0.15) is 5.82 Å². The van der Waals surface area contributed by atoms with Gasteiger partial charge in [-0.3, -0.25) is 0 Å². The monoisotopic (exact) mass is 578 g/mol. The topological polar surface area (TPSA) is 55.2 Å². The Labute approximate surface area is 247 Å². The molecule has 2 heterocycles.